The van der Waals surface area contributed by atoms with Crippen molar-refractivity contribution in [3.63, 3.8) is 0 Å². The fraction of sp³-hybridized carbons (Fsp3) is 0.150. The second kappa shape index (κ2) is 10.9. The van der Waals surface area contributed by atoms with E-state index in [0.717, 1.165) is 24.1 Å². The predicted octanol–water partition coefficient (Wildman–Crippen LogP) is 3.76. The van der Waals surface area contributed by atoms with Gasteiger partial charge >= 0.3 is 0 Å². The summed E-state index contributed by atoms with van der Waals surface area (Å²) >= 11 is 0. The molecule has 0 amide bonds. The van der Waals surface area contributed by atoms with Gasteiger partial charge in [-0.1, -0.05) is 30.2 Å². The van der Waals surface area contributed by atoms with Crippen LogP contribution in [-0.2, 0) is 27.5 Å². The van der Waals surface area contributed by atoms with Gasteiger partial charge in [0.15, 0.2) is 0 Å². The summed E-state index contributed by atoms with van der Waals surface area (Å²) in [5, 5.41) is 5.05. The molecule has 0 aromatic carbocycles. The summed E-state index contributed by atoms with van der Waals surface area (Å²) in [4.78, 5) is 11.8. The Morgan fingerprint density at radius 2 is 1.71 bits per heavy atom. The predicted molar refractivity (Wildman–Crippen MR) is 102 cm³/mol. The van der Waals surface area contributed by atoms with Gasteiger partial charge in [0.2, 0.25) is 0 Å². The molecule has 166 valence electrons. The number of pyridine rings is 3. The van der Waals surface area contributed by atoms with E-state index in [0.29, 0.717) is 5.69 Å². The zero-order valence-corrected chi connectivity index (χ0v) is 18.5. The standard InChI is InChI=1S/C12H9F2N2.C8H6F2N4.Pt/c1-2-8-5-6-15-10(7-8)9-3-4-11(13)16-12(9)14;1-13-4-11-14(5-13)6-2-3-7(9)12-8(6)10;/h4-7H,2H2,1H3;3-5H,1H3;/q-1;-2;. The van der Waals surface area contributed by atoms with E-state index in [-0.39, 0.29) is 32.3 Å². The van der Waals surface area contributed by atoms with Crippen LogP contribution < -0.4 is 5.01 Å². The zero-order valence-electron chi connectivity index (χ0n) is 16.3. The van der Waals surface area contributed by atoms with E-state index < -0.39 is 23.8 Å². The Morgan fingerprint density at radius 1 is 1.03 bits per heavy atom. The maximum absolute atomic E-state index is 13.3. The molecule has 11 heteroatoms. The van der Waals surface area contributed by atoms with Gasteiger partial charge < -0.3 is 19.9 Å². The first-order valence-corrected chi connectivity index (χ1v) is 8.70. The number of anilines is 1. The molecule has 4 rings (SSSR count). The Kier molecular flexibility index (Phi) is 8.62. The molecule has 0 unspecified atom stereocenters. The molecule has 6 nitrogen and oxygen atoms in total. The van der Waals surface area contributed by atoms with Crippen LogP contribution in [0.5, 0.6) is 0 Å². The van der Waals surface area contributed by atoms with E-state index in [1.165, 1.54) is 18.0 Å². The van der Waals surface area contributed by atoms with Crippen molar-refractivity contribution in [2.24, 2.45) is 5.10 Å². The molecule has 0 radical (unpaired) electrons. The number of hydrogen-bond donors (Lipinski definition) is 0. The first-order chi connectivity index (χ1) is 14.4. The van der Waals surface area contributed by atoms with Gasteiger partial charge in [-0.2, -0.15) is 11.2 Å². The Morgan fingerprint density at radius 3 is 2.29 bits per heavy atom. The molecule has 0 atom stereocenters. The number of hydrazone groups is 1. The normalized spacial score (nSPS) is 12.3. The van der Waals surface area contributed by atoms with Crippen LogP contribution in [0, 0.1) is 42.6 Å². The van der Waals surface area contributed by atoms with Crippen LogP contribution in [0.15, 0.2) is 35.6 Å². The van der Waals surface area contributed by atoms with Crippen molar-refractivity contribution in [2.75, 3.05) is 12.1 Å². The average molecular weight is 610 g/mol. The maximum atomic E-state index is 13.3. The van der Waals surface area contributed by atoms with Crippen LogP contribution in [0.1, 0.15) is 12.5 Å². The summed E-state index contributed by atoms with van der Waals surface area (Å²) < 4.78 is 51.5. The number of aromatic nitrogens is 3. The minimum Gasteiger partial charge on any atom is -0.493 e. The molecule has 0 bridgehead atoms. The Hall–Kier alpha value is -2.87. The monoisotopic (exact) mass is 610 g/mol. The molecule has 1 aliphatic heterocycles. The third-order valence-electron chi connectivity index (χ3n) is 3.84. The van der Waals surface area contributed by atoms with Crippen molar-refractivity contribution in [1.82, 2.24) is 19.9 Å². The van der Waals surface area contributed by atoms with Crippen molar-refractivity contribution in [3.8, 4) is 11.3 Å². The third-order valence-corrected chi connectivity index (χ3v) is 3.84. The first-order valence-electron chi connectivity index (χ1n) is 8.70. The van der Waals surface area contributed by atoms with Crippen molar-refractivity contribution < 1.29 is 38.6 Å². The fourth-order valence-electron chi connectivity index (χ4n) is 2.40. The zero-order chi connectivity index (χ0) is 21.7. The minimum absolute atomic E-state index is 0. The van der Waals surface area contributed by atoms with Crippen LogP contribution in [0.3, 0.4) is 0 Å². The van der Waals surface area contributed by atoms with Crippen LogP contribution in [-0.4, -0.2) is 33.2 Å². The smallest absolute Gasteiger partial charge is 0.128 e. The van der Waals surface area contributed by atoms with Crippen LogP contribution in [0.25, 0.3) is 11.3 Å². The number of nitrogens with zero attached hydrogens (tertiary/aromatic N) is 6. The molecule has 1 aliphatic rings. The van der Waals surface area contributed by atoms with Crippen molar-refractivity contribution in [3.05, 3.63) is 78.6 Å². The molecule has 3 aromatic rings. The molecule has 0 N–H and O–H groups in total. The SMILES string of the molecule is CCc1ccnc(-c2[c-]cc(F)nc2F)c1.CN1C=NN(c2[c-]cc(F)nc2F)[CH-]1.[Pt]. The topological polar surface area (TPSA) is 57.5 Å². The summed E-state index contributed by atoms with van der Waals surface area (Å²) in [5.41, 5.74) is 1.54. The van der Waals surface area contributed by atoms with Crippen LogP contribution >= 0.6 is 0 Å². The maximum Gasteiger partial charge on any atom is 0.128 e. The number of hydrogen-bond acceptors (Lipinski definition) is 6. The van der Waals surface area contributed by atoms with E-state index in [1.54, 1.807) is 24.2 Å². The second-order valence-corrected chi connectivity index (χ2v) is 6.01. The second-order valence-electron chi connectivity index (χ2n) is 6.01. The number of aryl methyl sites for hydroxylation is 1. The Balaban J connectivity index is 0.000000215. The molecule has 0 aliphatic carbocycles. The van der Waals surface area contributed by atoms with Gasteiger partial charge in [-0.25, -0.2) is 8.78 Å². The van der Waals surface area contributed by atoms with Crippen molar-refractivity contribution >= 4 is 12.0 Å². The average Bonchev–Trinajstić information content (AvgIpc) is 3.14. The fourth-order valence-corrected chi connectivity index (χ4v) is 2.40. The summed E-state index contributed by atoms with van der Waals surface area (Å²) in [6.45, 7) is 3.51. The van der Waals surface area contributed by atoms with Crippen LogP contribution in [0.2, 0.25) is 0 Å². The van der Waals surface area contributed by atoms with Crippen molar-refractivity contribution in [2.45, 2.75) is 13.3 Å². The summed E-state index contributed by atoms with van der Waals surface area (Å²) in [5.74, 6) is -3.61. The van der Waals surface area contributed by atoms with E-state index in [2.05, 4.69) is 32.2 Å². The van der Waals surface area contributed by atoms with Gasteiger partial charge in [0.05, 0.1) is 12.3 Å². The largest absolute Gasteiger partial charge is 0.493 e. The van der Waals surface area contributed by atoms with Gasteiger partial charge in [0.25, 0.3) is 0 Å². The summed E-state index contributed by atoms with van der Waals surface area (Å²) in [6.07, 6.45) is 3.90. The van der Waals surface area contributed by atoms with Crippen LogP contribution in [0.4, 0.5) is 23.2 Å². The molecular weight excluding hydrogens is 595 g/mol. The molecule has 0 spiro atoms. The summed E-state index contributed by atoms with van der Waals surface area (Å²) in [6, 6.07) is 10.5. The molecule has 0 saturated carbocycles. The number of halogens is 4. The molecule has 3 aromatic heterocycles. The molecule has 31 heavy (non-hydrogen) atoms. The van der Waals surface area contributed by atoms with Gasteiger partial charge in [-0.05, 0) is 30.9 Å². The molecule has 0 fully saturated rings. The van der Waals surface area contributed by atoms with Gasteiger partial charge in [0.1, 0.15) is 17.8 Å². The van der Waals surface area contributed by atoms with E-state index in [9.17, 15) is 17.6 Å². The van der Waals surface area contributed by atoms with E-state index >= 15 is 0 Å². The van der Waals surface area contributed by atoms with E-state index in [4.69, 9.17) is 0 Å². The molecule has 4 heterocycles. The van der Waals surface area contributed by atoms with Gasteiger partial charge in [-0.15, -0.1) is 18.8 Å². The minimum atomic E-state index is -0.936. The summed E-state index contributed by atoms with van der Waals surface area (Å²) in [7, 11) is 1.73. The molecule has 0 saturated heterocycles. The van der Waals surface area contributed by atoms with Gasteiger partial charge in [-0.3, -0.25) is 13.8 Å². The molecular formula is C20H15F4N6Pt-3. The Labute approximate surface area is 190 Å². The van der Waals surface area contributed by atoms with Gasteiger partial charge in [0, 0.05) is 27.3 Å². The third kappa shape index (κ3) is 6.30. The quantitative estimate of drug-likeness (QED) is 0.257. The Bertz CT molecular complexity index is 1070. The number of rotatable bonds is 3. The first kappa shape index (κ1) is 24.4. The van der Waals surface area contributed by atoms with E-state index in [1.807, 2.05) is 13.0 Å². The van der Waals surface area contributed by atoms with Crippen molar-refractivity contribution in [1.29, 1.82) is 0 Å².